The molecule has 0 saturated heterocycles. The maximum atomic E-state index is 6.04. The fraction of sp³-hybridized carbons (Fsp3) is 1.00. The van der Waals surface area contributed by atoms with Crippen molar-refractivity contribution in [1.29, 1.82) is 0 Å². The summed E-state index contributed by atoms with van der Waals surface area (Å²) in [5.41, 5.74) is 6.27. The van der Waals surface area contributed by atoms with E-state index in [2.05, 4.69) is 39.6 Å². The number of hydrogen-bond donors (Lipinski definition) is 1. The van der Waals surface area contributed by atoms with Gasteiger partial charge < -0.3 is 5.73 Å². The molecule has 0 bridgehead atoms. The molecule has 0 aromatic heterocycles. The molecule has 0 heterocycles. The molecule has 0 radical (unpaired) electrons. The van der Waals surface area contributed by atoms with E-state index in [1.807, 2.05) is 0 Å². The molecule has 0 fully saturated rings. The van der Waals surface area contributed by atoms with E-state index in [1.165, 1.54) is 32.2 Å². The lowest BCUT2D eigenvalue weighted by Crippen LogP contribution is -2.52. The highest BCUT2D eigenvalue weighted by Crippen LogP contribution is 2.25. The van der Waals surface area contributed by atoms with Gasteiger partial charge in [0.15, 0.2) is 0 Å². The normalized spacial score (nSPS) is 17.4. The first-order valence-electron chi connectivity index (χ1n) is 6.97. The molecule has 0 aromatic rings. The van der Waals surface area contributed by atoms with E-state index >= 15 is 0 Å². The zero-order valence-corrected chi connectivity index (χ0v) is 12.1. The first kappa shape index (κ1) is 15.9. The summed E-state index contributed by atoms with van der Waals surface area (Å²) >= 11 is 0. The van der Waals surface area contributed by atoms with Crippen LogP contribution < -0.4 is 5.73 Å². The third-order valence-corrected chi connectivity index (χ3v) is 4.13. The average molecular weight is 228 g/mol. The Hall–Kier alpha value is -0.0800. The summed E-state index contributed by atoms with van der Waals surface area (Å²) in [6, 6.07) is 0. The largest absolute Gasteiger partial charge is 0.329 e. The molecule has 98 valence electrons. The molecule has 0 aliphatic carbocycles. The van der Waals surface area contributed by atoms with E-state index in [9.17, 15) is 0 Å². The molecular weight excluding hydrogens is 196 g/mol. The lowest BCUT2D eigenvalue weighted by atomic mass is 9.87. The van der Waals surface area contributed by atoms with Crippen LogP contribution in [0.3, 0.4) is 0 Å². The fourth-order valence-electron chi connectivity index (χ4n) is 2.34. The Kier molecular flexibility index (Phi) is 8.04. The molecule has 2 N–H and O–H groups in total. The van der Waals surface area contributed by atoms with Crippen LogP contribution in [0.2, 0.25) is 0 Å². The summed E-state index contributed by atoms with van der Waals surface area (Å²) in [4.78, 5) is 2.51. The number of unbranched alkanes of at least 4 members (excludes halogenated alkanes) is 1. The minimum Gasteiger partial charge on any atom is -0.329 e. The van der Waals surface area contributed by atoms with Crippen molar-refractivity contribution >= 4 is 0 Å². The van der Waals surface area contributed by atoms with Gasteiger partial charge in [-0.3, -0.25) is 4.90 Å². The third kappa shape index (κ3) is 4.42. The van der Waals surface area contributed by atoms with Gasteiger partial charge in [-0.1, -0.05) is 47.0 Å². The van der Waals surface area contributed by atoms with Gasteiger partial charge in [0.2, 0.25) is 0 Å². The van der Waals surface area contributed by atoms with Crippen LogP contribution >= 0.6 is 0 Å². The first-order chi connectivity index (χ1) is 7.56. The van der Waals surface area contributed by atoms with E-state index in [0.717, 1.165) is 18.9 Å². The van der Waals surface area contributed by atoms with Gasteiger partial charge in [0.1, 0.15) is 0 Å². The molecule has 0 aliphatic heterocycles. The van der Waals surface area contributed by atoms with Gasteiger partial charge in [0, 0.05) is 18.6 Å². The summed E-state index contributed by atoms with van der Waals surface area (Å²) in [5, 5.41) is 0. The first-order valence-corrected chi connectivity index (χ1v) is 6.97. The quantitative estimate of drug-likeness (QED) is 0.656. The van der Waals surface area contributed by atoms with Crippen molar-refractivity contribution in [2.24, 2.45) is 11.7 Å². The van der Waals surface area contributed by atoms with Crippen molar-refractivity contribution in [1.82, 2.24) is 4.90 Å². The average Bonchev–Trinajstić information content (AvgIpc) is 2.31. The molecule has 0 rings (SSSR count). The van der Waals surface area contributed by atoms with Crippen LogP contribution in [-0.2, 0) is 0 Å². The molecule has 2 heteroatoms. The minimum atomic E-state index is 0.236. The van der Waals surface area contributed by atoms with Crippen LogP contribution in [0.1, 0.15) is 59.8 Å². The zero-order valence-electron chi connectivity index (χ0n) is 12.1. The molecule has 16 heavy (non-hydrogen) atoms. The fourth-order valence-corrected chi connectivity index (χ4v) is 2.34. The molecule has 0 aliphatic rings. The van der Waals surface area contributed by atoms with E-state index in [0.29, 0.717) is 0 Å². The highest BCUT2D eigenvalue weighted by atomic mass is 15.2. The van der Waals surface area contributed by atoms with Crippen LogP contribution in [0, 0.1) is 5.92 Å². The Morgan fingerprint density at radius 1 is 1.25 bits per heavy atom. The van der Waals surface area contributed by atoms with Crippen molar-refractivity contribution in [2.45, 2.75) is 65.3 Å². The number of nitrogens with zero attached hydrogens (tertiary/aromatic N) is 1. The van der Waals surface area contributed by atoms with Crippen molar-refractivity contribution in [2.75, 3.05) is 20.1 Å². The van der Waals surface area contributed by atoms with Crippen LogP contribution in [0.25, 0.3) is 0 Å². The van der Waals surface area contributed by atoms with Gasteiger partial charge in [-0.2, -0.15) is 0 Å². The molecule has 0 spiro atoms. The summed E-state index contributed by atoms with van der Waals surface area (Å²) < 4.78 is 0. The van der Waals surface area contributed by atoms with Crippen LogP contribution in [0.4, 0.5) is 0 Å². The van der Waals surface area contributed by atoms with E-state index in [-0.39, 0.29) is 5.54 Å². The second-order valence-electron chi connectivity index (χ2n) is 5.28. The topological polar surface area (TPSA) is 29.3 Å². The molecule has 2 unspecified atom stereocenters. The lowest BCUT2D eigenvalue weighted by Gasteiger charge is -2.42. The SMILES string of the molecule is CCCCC(CC)(CN)N(C)CC(C)CC. The highest BCUT2D eigenvalue weighted by molar-refractivity contribution is 4.89. The standard InChI is InChI=1S/C14H32N2/c1-6-9-10-14(8-3,12-15)16(5)11-13(4)7-2/h13H,6-12,15H2,1-5H3. The number of nitrogens with two attached hydrogens (primary N) is 1. The summed E-state index contributed by atoms with van der Waals surface area (Å²) in [5.74, 6) is 0.768. The number of rotatable bonds is 9. The molecular formula is C14H32N2. The number of hydrogen-bond acceptors (Lipinski definition) is 2. The predicted octanol–water partition coefficient (Wildman–Crippen LogP) is 3.26. The van der Waals surface area contributed by atoms with Crippen molar-refractivity contribution in [3.63, 3.8) is 0 Å². The smallest absolute Gasteiger partial charge is 0.0326 e. The second-order valence-corrected chi connectivity index (χ2v) is 5.28. The summed E-state index contributed by atoms with van der Waals surface area (Å²) in [7, 11) is 2.25. The van der Waals surface area contributed by atoms with Gasteiger partial charge in [-0.15, -0.1) is 0 Å². The Bertz CT molecular complexity index is 164. The van der Waals surface area contributed by atoms with Crippen LogP contribution in [0.5, 0.6) is 0 Å². The maximum absolute atomic E-state index is 6.04. The Labute approximate surface area is 103 Å². The maximum Gasteiger partial charge on any atom is 0.0326 e. The summed E-state index contributed by atoms with van der Waals surface area (Å²) in [6.45, 7) is 11.1. The van der Waals surface area contributed by atoms with Gasteiger partial charge in [0.05, 0.1) is 0 Å². The monoisotopic (exact) mass is 228 g/mol. The molecule has 0 saturated carbocycles. The highest BCUT2D eigenvalue weighted by Gasteiger charge is 2.30. The molecule has 2 atom stereocenters. The van der Waals surface area contributed by atoms with Crippen molar-refractivity contribution in [3.05, 3.63) is 0 Å². The third-order valence-electron chi connectivity index (χ3n) is 4.13. The lowest BCUT2D eigenvalue weighted by molar-refractivity contribution is 0.0913. The minimum absolute atomic E-state index is 0.236. The molecule has 2 nitrogen and oxygen atoms in total. The Morgan fingerprint density at radius 3 is 2.25 bits per heavy atom. The van der Waals surface area contributed by atoms with Crippen LogP contribution in [-0.4, -0.2) is 30.6 Å². The molecule has 0 aromatic carbocycles. The summed E-state index contributed by atoms with van der Waals surface area (Å²) in [6.07, 6.45) is 6.21. The van der Waals surface area contributed by atoms with E-state index in [1.54, 1.807) is 0 Å². The second kappa shape index (κ2) is 8.08. The van der Waals surface area contributed by atoms with Gasteiger partial charge in [-0.25, -0.2) is 0 Å². The van der Waals surface area contributed by atoms with E-state index in [4.69, 9.17) is 5.73 Å². The van der Waals surface area contributed by atoms with E-state index < -0.39 is 0 Å². The Balaban J connectivity index is 4.47. The van der Waals surface area contributed by atoms with Gasteiger partial charge in [-0.05, 0) is 25.8 Å². The van der Waals surface area contributed by atoms with Crippen molar-refractivity contribution in [3.8, 4) is 0 Å². The van der Waals surface area contributed by atoms with Gasteiger partial charge >= 0.3 is 0 Å². The van der Waals surface area contributed by atoms with Gasteiger partial charge in [0.25, 0.3) is 0 Å². The van der Waals surface area contributed by atoms with Crippen molar-refractivity contribution < 1.29 is 0 Å². The van der Waals surface area contributed by atoms with Crippen LogP contribution in [0.15, 0.2) is 0 Å². The zero-order chi connectivity index (χ0) is 12.6. The predicted molar refractivity (Wildman–Crippen MR) is 73.7 cm³/mol. The number of likely N-dealkylation sites (N-methyl/N-ethyl adjacent to an activating group) is 1. The molecule has 0 amide bonds. The Morgan fingerprint density at radius 2 is 1.88 bits per heavy atom.